The maximum absolute atomic E-state index is 11.9. The highest BCUT2D eigenvalue weighted by atomic mass is 16.6. The smallest absolute Gasteiger partial charge is 0.344 e. The first-order valence-electron chi connectivity index (χ1n) is 8.22. The molecule has 2 aromatic rings. The number of methoxy groups -OCH3 is 1. The van der Waals surface area contributed by atoms with E-state index in [4.69, 9.17) is 18.6 Å². The summed E-state index contributed by atoms with van der Waals surface area (Å²) in [5, 5.41) is 2.60. The van der Waals surface area contributed by atoms with Crippen molar-refractivity contribution >= 4 is 17.7 Å². The molecule has 0 aliphatic carbocycles. The van der Waals surface area contributed by atoms with Gasteiger partial charge in [0.25, 0.3) is 5.91 Å². The van der Waals surface area contributed by atoms with Crippen molar-refractivity contribution in [2.24, 2.45) is 0 Å². The van der Waals surface area contributed by atoms with Crippen molar-refractivity contribution in [3.8, 4) is 11.5 Å². The Balaban J connectivity index is 1.83. The number of amides is 1. The predicted octanol–water partition coefficient (Wildman–Crippen LogP) is 2.12. The van der Waals surface area contributed by atoms with Gasteiger partial charge in [-0.3, -0.25) is 9.59 Å². The molecule has 0 fully saturated rings. The van der Waals surface area contributed by atoms with Crippen LogP contribution in [0, 0.1) is 0 Å². The lowest BCUT2D eigenvalue weighted by molar-refractivity contribution is -0.156. The number of carbonyl (C=O) groups excluding carboxylic acids is 3. The highest BCUT2D eigenvalue weighted by Gasteiger charge is 2.19. The number of Topliss-reactive ketones (excluding diaryl/α,β-unsaturated/α-hetero) is 1. The van der Waals surface area contributed by atoms with E-state index in [1.165, 1.54) is 39.4 Å². The van der Waals surface area contributed by atoms with Crippen molar-refractivity contribution in [1.82, 2.24) is 5.32 Å². The molecule has 0 aliphatic rings. The van der Waals surface area contributed by atoms with Crippen LogP contribution in [0.1, 0.15) is 30.0 Å². The van der Waals surface area contributed by atoms with E-state index in [-0.39, 0.29) is 18.1 Å². The Morgan fingerprint density at radius 2 is 1.96 bits per heavy atom. The Morgan fingerprint density at radius 1 is 1.19 bits per heavy atom. The van der Waals surface area contributed by atoms with Crippen molar-refractivity contribution < 1.29 is 33.0 Å². The molecule has 27 heavy (non-hydrogen) atoms. The molecule has 0 bridgehead atoms. The molecule has 1 atom stereocenters. The Labute approximate surface area is 156 Å². The second-order valence-electron chi connectivity index (χ2n) is 5.64. The van der Waals surface area contributed by atoms with Crippen molar-refractivity contribution in [1.29, 1.82) is 0 Å². The van der Waals surface area contributed by atoms with Gasteiger partial charge < -0.3 is 23.9 Å². The number of carbonyl (C=O) groups is 3. The maximum Gasteiger partial charge on any atom is 0.344 e. The summed E-state index contributed by atoms with van der Waals surface area (Å²) in [5.41, 5.74) is 0.462. The topological polar surface area (TPSA) is 104 Å². The molecular formula is C19H21NO7. The average Bonchev–Trinajstić information content (AvgIpc) is 3.17. The molecule has 8 nitrogen and oxygen atoms in total. The minimum Gasteiger partial charge on any atom is -0.493 e. The fraction of sp³-hybridized carbons (Fsp3) is 0.316. The number of ketones is 1. The van der Waals surface area contributed by atoms with Crippen LogP contribution in [0.4, 0.5) is 0 Å². The molecular weight excluding hydrogens is 354 g/mol. The highest BCUT2D eigenvalue weighted by Crippen LogP contribution is 2.28. The minimum absolute atomic E-state index is 0.117. The van der Waals surface area contributed by atoms with Crippen molar-refractivity contribution in [3.05, 3.63) is 47.9 Å². The first-order chi connectivity index (χ1) is 12.9. The maximum atomic E-state index is 11.9. The van der Waals surface area contributed by atoms with Crippen LogP contribution >= 0.6 is 0 Å². The zero-order chi connectivity index (χ0) is 19.8. The molecule has 0 spiro atoms. The van der Waals surface area contributed by atoms with Crippen LogP contribution in [0.15, 0.2) is 41.0 Å². The largest absolute Gasteiger partial charge is 0.493 e. The summed E-state index contributed by atoms with van der Waals surface area (Å²) in [6.07, 6.45) is 0.512. The Hall–Kier alpha value is -3.29. The van der Waals surface area contributed by atoms with Crippen LogP contribution in [0.25, 0.3) is 0 Å². The molecule has 1 aromatic heterocycles. The number of hydrogen-bond acceptors (Lipinski definition) is 7. The monoisotopic (exact) mass is 375 g/mol. The van der Waals surface area contributed by atoms with Gasteiger partial charge in [0.15, 0.2) is 30.0 Å². The summed E-state index contributed by atoms with van der Waals surface area (Å²) in [4.78, 5) is 35.2. The zero-order valence-corrected chi connectivity index (χ0v) is 15.3. The molecule has 2 rings (SSSR count). The Bertz CT molecular complexity index is 798. The van der Waals surface area contributed by atoms with Gasteiger partial charge in [-0.15, -0.1) is 0 Å². The lowest BCUT2D eigenvalue weighted by atomic mass is 10.1. The van der Waals surface area contributed by atoms with E-state index in [2.05, 4.69) is 5.32 Å². The molecule has 1 amide bonds. The van der Waals surface area contributed by atoms with Gasteiger partial charge in [-0.05, 0) is 44.2 Å². The molecule has 0 saturated heterocycles. The predicted molar refractivity (Wildman–Crippen MR) is 94.6 cm³/mol. The van der Waals surface area contributed by atoms with Crippen LogP contribution in [-0.4, -0.2) is 37.5 Å². The third kappa shape index (κ3) is 5.88. The van der Waals surface area contributed by atoms with Gasteiger partial charge in [0, 0.05) is 5.56 Å². The van der Waals surface area contributed by atoms with Crippen LogP contribution in [0.3, 0.4) is 0 Å². The van der Waals surface area contributed by atoms with E-state index in [1.54, 1.807) is 18.2 Å². The molecule has 144 valence electrons. The molecule has 0 radical (unpaired) electrons. The molecule has 0 saturated carbocycles. The fourth-order valence-corrected chi connectivity index (χ4v) is 2.16. The van der Waals surface area contributed by atoms with E-state index in [0.717, 1.165) is 0 Å². The normalized spacial score (nSPS) is 11.4. The summed E-state index contributed by atoms with van der Waals surface area (Å²) in [7, 11) is 1.43. The molecule has 8 heteroatoms. The molecule has 1 aromatic carbocycles. The lowest BCUT2D eigenvalue weighted by Crippen LogP contribution is -2.36. The summed E-state index contributed by atoms with van der Waals surface area (Å²) in [6.45, 7) is 2.68. The van der Waals surface area contributed by atoms with Gasteiger partial charge in [0.05, 0.1) is 19.9 Å². The summed E-state index contributed by atoms with van der Waals surface area (Å²) in [5.74, 6) is -0.0921. The quantitative estimate of drug-likeness (QED) is 0.529. The summed E-state index contributed by atoms with van der Waals surface area (Å²) < 4.78 is 20.7. The Morgan fingerprint density at radius 3 is 2.59 bits per heavy atom. The first-order valence-corrected chi connectivity index (χ1v) is 8.22. The van der Waals surface area contributed by atoms with E-state index in [0.29, 0.717) is 17.1 Å². The second-order valence-corrected chi connectivity index (χ2v) is 5.64. The molecule has 1 N–H and O–H groups in total. The molecule has 1 heterocycles. The minimum atomic E-state index is -0.988. The van der Waals surface area contributed by atoms with Crippen molar-refractivity contribution in [3.63, 3.8) is 0 Å². The number of benzene rings is 1. The number of furan rings is 1. The van der Waals surface area contributed by atoms with E-state index in [1.807, 2.05) is 0 Å². The Kier molecular flexibility index (Phi) is 6.99. The van der Waals surface area contributed by atoms with E-state index >= 15 is 0 Å². The first kappa shape index (κ1) is 20.0. The van der Waals surface area contributed by atoms with Gasteiger partial charge in [-0.25, -0.2) is 4.79 Å². The van der Waals surface area contributed by atoms with Gasteiger partial charge in [-0.2, -0.15) is 0 Å². The third-order valence-electron chi connectivity index (χ3n) is 3.61. The van der Waals surface area contributed by atoms with Crippen LogP contribution in [-0.2, 0) is 20.9 Å². The van der Waals surface area contributed by atoms with Gasteiger partial charge in [0.2, 0.25) is 0 Å². The number of hydrogen-bond donors (Lipinski definition) is 1. The number of rotatable bonds is 9. The molecule has 0 aliphatic heterocycles. The van der Waals surface area contributed by atoms with E-state index < -0.39 is 24.6 Å². The lowest BCUT2D eigenvalue weighted by Gasteiger charge is -2.14. The van der Waals surface area contributed by atoms with Crippen LogP contribution < -0.4 is 14.8 Å². The summed E-state index contributed by atoms with van der Waals surface area (Å²) >= 11 is 0. The zero-order valence-electron chi connectivity index (χ0n) is 15.3. The van der Waals surface area contributed by atoms with Crippen molar-refractivity contribution in [2.75, 3.05) is 13.7 Å². The van der Waals surface area contributed by atoms with Gasteiger partial charge in [-0.1, -0.05) is 0 Å². The van der Waals surface area contributed by atoms with Gasteiger partial charge >= 0.3 is 5.97 Å². The second kappa shape index (κ2) is 9.42. The number of esters is 1. The number of nitrogens with one attached hydrogen (secondary N) is 1. The van der Waals surface area contributed by atoms with Gasteiger partial charge in [0.1, 0.15) is 5.76 Å². The highest BCUT2D eigenvalue weighted by molar-refractivity contribution is 5.94. The van der Waals surface area contributed by atoms with E-state index in [9.17, 15) is 14.4 Å². The van der Waals surface area contributed by atoms with Crippen LogP contribution in [0.2, 0.25) is 0 Å². The standard InChI is InChI=1S/C19H21NO7/c1-12(21)14-6-7-16(17(9-14)24-3)26-11-18(22)27-13(2)19(23)20-10-15-5-4-8-25-15/h4-9,13H,10-11H2,1-3H3,(H,20,23)/t13-/m1/s1. The SMILES string of the molecule is COc1cc(C(C)=O)ccc1OCC(=O)O[C@H](C)C(=O)NCc1ccco1. The van der Waals surface area contributed by atoms with Crippen molar-refractivity contribution in [2.45, 2.75) is 26.5 Å². The molecule has 0 unspecified atom stereocenters. The number of ether oxygens (including phenoxy) is 3. The summed E-state index contributed by atoms with van der Waals surface area (Å²) in [6, 6.07) is 8.04. The van der Waals surface area contributed by atoms with Crippen LogP contribution in [0.5, 0.6) is 11.5 Å². The fourth-order valence-electron chi connectivity index (χ4n) is 2.16. The average molecular weight is 375 g/mol. The third-order valence-corrected chi connectivity index (χ3v) is 3.61.